The van der Waals surface area contributed by atoms with Crippen molar-refractivity contribution in [1.82, 2.24) is 5.43 Å². The van der Waals surface area contributed by atoms with Gasteiger partial charge in [-0.25, -0.2) is 0 Å². The first kappa shape index (κ1) is 10.9. The lowest BCUT2D eigenvalue weighted by atomic mass is 10.1. The first-order chi connectivity index (χ1) is 7.70. The Hall–Kier alpha value is -1.59. The summed E-state index contributed by atoms with van der Waals surface area (Å²) in [6.07, 6.45) is 0.510. The molecule has 0 saturated carbocycles. The maximum absolute atomic E-state index is 11.1. The molecule has 1 aliphatic heterocycles. The molecule has 0 aromatic heterocycles. The molecule has 1 fully saturated rings. The number of amides is 1. The zero-order valence-corrected chi connectivity index (χ0v) is 8.89. The molecule has 86 valence electrons. The summed E-state index contributed by atoms with van der Waals surface area (Å²) in [7, 11) is 0. The number of nitrogens with zero attached hydrogens (tertiary/aromatic N) is 1. The van der Waals surface area contributed by atoms with Gasteiger partial charge >= 0.3 is 0 Å². The number of nitrogens with one attached hydrogen (secondary N) is 1. The zero-order valence-electron chi connectivity index (χ0n) is 8.89. The summed E-state index contributed by atoms with van der Waals surface area (Å²) in [5.74, 6) is 0.0249. The van der Waals surface area contributed by atoms with Gasteiger partial charge in [-0.3, -0.25) is 15.2 Å². The molecular weight excluding hydrogens is 206 g/mol. The summed E-state index contributed by atoms with van der Waals surface area (Å²) in [6, 6.07) is 7.14. The second kappa shape index (κ2) is 4.51. The van der Waals surface area contributed by atoms with E-state index in [2.05, 4.69) is 5.43 Å². The summed E-state index contributed by atoms with van der Waals surface area (Å²) in [5, 5.41) is 10.8. The van der Waals surface area contributed by atoms with Gasteiger partial charge < -0.3 is 10.8 Å². The fraction of sp³-hybridized carbons (Fsp3) is 0.364. The van der Waals surface area contributed by atoms with Crippen LogP contribution in [0.25, 0.3) is 0 Å². The van der Waals surface area contributed by atoms with Crippen LogP contribution < -0.4 is 16.2 Å². The SMILES string of the molecule is NC(CO)c1cccc(N2CCC(=O)N2)c1. The number of rotatable bonds is 3. The fourth-order valence-electron chi connectivity index (χ4n) is 1.70. The summed E-state index contributed by atoms with van der Waals surface area (Å²) < 4.78 is 0. The molecule has 1 saturated heterocycles. The third-order valence-electron chi connectivity index (χ3n) is 2.63. The highest BCUT2D eigenvalue weighted by Crippen LogP contribution is 2.20. The largest absolute Gasteiger partial charge is 0.394 e. The minimum atomic E-state index is -0.377. The number of hydrogen-bond acceptors (Lipinski definition) is 4. The highest BCUT2D eigenvalue weighted by molar-refractivity contribution is 5.81. The van der Waals surface area contributed by atoms with E-state index in [1.807, 2.05) is 24.3 Å². The summed E-state index contributed by atoms with van der Waals surface area (Å²) >= 11 is 0. The van der Waals surface area contributed by atoms with E-state index in [1.165, 1.54) is 0 Å². The van der Waals surface area contributed by atoms with Crippen LogP contribution in [0.1, 0.15) is 18.0 Å². The van der Waals surface area contributed by atoms with Gasteiger partial charge in [0.05, 0.1) is 18.3 Å². The number of anilines is 1. The van der Waals surface area contributed by atoms with Crippen LogP contribution in [0.15, 0.2) is 24.3 Å². The van der Waals surface area contributed by atoms with Crippen molar-refractivity contribution in [3.63, 3.8) is 0 Å². The Labute approximate surface area is 93.8 Å². The van der Waals surface area contributed by atoms with Crippen molar-refractivity contribution in [3.05, 3.63) is 29.8 Å². The van der Waals surface area contributed by atoms with Crippen LogP contribution in [0.2, 0.25) is 0 Å². The lowest BCUT2D eigenvalue weighted by Crippen LogP contribution is -2.33. The molecule has 1 amide bonds. The minimum Gasteiger partial charge on any atom is -0.394 e. The predicted octanol–water partition coefficient (Wildman–Crippen LogP) is -0.0800. The van der Waals surface area contributed by atoms with E-state index >= 15 is 0 Å². The maximum atomic E-state index is 11.1. The third kappa shape index (κ3) is 2.15. The van der Waals surface area contributed by atoms with Gasteiger partial charge in [-0.15, -0.1) is 0 Å². The van der Waals surface area contributed by atoms with Gasteiger partial charge in [0, 0.05) is 13.0 Å². The van der Waals surface area contributed by atoms with E-state index in [-0.39, 0.29) is 18.6 Å². The van der Waals surface area contributed by atoms with Gasteiger partial charge in [0.1, 0.15) is 0 Å². The number of nitrogens with two attached hydrogens (primary N) is 1. The second-order valence-electron chi connectivity index (χ2n) is 3.82. The molecule has 0 spiro atoms. The van der Waals surface area contributed by atoms with E-state index < -0.39 is 0 Å². The molecule has 4 N–H and O–H groups in total. The molecule has 1 atom stereocenters. The molecule has 1 unspecified atom stereocenters. The smallest absolute Gasteiger partial charge is 0.240 e. The van der Waals surface area contributed by atoms with Crippen molar-refractivity contribution >= 4 is 11.6 Å². The quantitative estimate of drug-likeness (QED) is 0.667. The van der Waals surface area contributed by atoms with Gasteiger partial charge in [0.2, 0.25) is 5.91 Å². The lowest BCUT2D eigenvalue weighted by Gasteiger charge is -2.19. The van der Waals surface area contributed by atoms with Crippen molar-refractivity contribution in [3.8, 4) is 0 Å². The first-order valence-electron chi connectivity index (χ1n) is 5.24. The van der Waals surface area contributed by atoms with Crippen LogP contribution in [-0.2, 0) is 4.79 Å². The number of carbonyl (C=O) groups excluding carboxylic acids is 1. The number of aliphatic hydroxyl groups is 1. The molecule has 0 aliphatic carbocycles. The summed E-state index contributed by atoms with van der Waals surface area (Å²) in [5.41, 5.74) is 10.2. The first-order valence-corrected chi connectivity index (χ1v) is 5.24. The lowest BCUT2D eigenvalue weighted by molar-refractivity contribution is -0.119. The molecule has 5 nitrogen and oxygen atoms in total. The molecule has 0 radical (unpaired) electrons. The molecule has 0 bridgehead atoms. The van der Waals surface area contributed by atoms with Crippen molar-refractivity contribution in [2.24, 2.45) is 5.73 Å². The Morgan fingerprint density at radius 3 is 3.00 bits per heavy atom. The predicted molar refractivity (Wildman–Crippen MR) is 60.6 cm³/mol. The number of aliphatic hydroxyl groups excluding tert-OH is 1. The molecular formula is C11H15N3O2. The highest BCUT2D eigenvalue weighted by Gasteiger charge is 2.19. The molecule has 1 aromatic carbocycles. The van der Waals surface area contributed by atoms with Crippen molar-refractivity contribution in [2.45, 2.75) is 12.5 Å². The van der Waals surface area contributed by atoms with Crippen LogP contribution in [0, 0.1) is 0 Å². The van der Waals surface area contributed by atoms with Crippen LogP contribution in [0.3, 0.4) is 0 Å². The Morgan fingerprint density at radius 1 is 1.56 bits per heavy atom. The highest BCUT2D eigenvalue weighted by atomic mass is 16.3. The molecule has 1 aliphatic rings. The monoisotopic (exact) mass is 221 g/mol. The van der Waals surface area contributed by atoms with Gasteiger partial charge in [-0.05, 0) is 17.7 Å². The number of carbonyl (C=O) groups is 1. The van der Waals surface area contributed by atoms with Crippen molar-refractivity contribution < 1.29 is 9.90 Å². The Bertz CT molecular complexity index is 395. The minimum absolute atomic E-state index is 0.0249. The second-order valence-corrected chi connectivity index (χ2v) is 3.82. The Morgan fingerprint density at radius 2 is 2.38 bits per heavy atom. The topological polar surface area (TPSA) is 78.6 Å². The van der Waals surface area contributed by atoms with E-state index in [1.54, 1.807) is 5.01 Å². The van der Waals surface area contributed by atoms with Crippen LogP contribution in [0.4, 0.5) is 5.69 Å². The molecule has 2 rings (SSSR count). The normalized spacial score (nSPS) is 17.4. The van der Waals surface area contributed by atoms with Crippen LogP contribution in [0.5, 0.6) is 0 Å². The fourth-order valence-corrected chi connectivity index (χ4v) is 1.70. The van der Waals surface area contributed by atoms with Gasteiger partial charge in [0.15, 0.2) is 0 Å². The average Bonchev–Trinajstić information content (AvgIpc) is 2.75. The maximum Gasteiger partial charge on any atom is 0.240 e. The number of benzene rings is 1. The standard InChI is InChI=1S/C11H15N3O2/c12-10(7-15)8-2-1-3-9(6-8)14-5-4-11(16)13-14/h1-3,6,10,15H,4-5,7,12H2,(H,13,16). The molecule has 16 heavy (non-hydrogen) atoms. The Kier molecular flexibility index (Phi) is 3.07. The molecule has 5 heteroatoms. The van der Waals surface area contributed by atoms with Gasteiger partial charge in [0.25, 0.3) is 0 Å². The third-order valence-corrected chi connectivity index (χ3v) is 2.63. The van der Waals surface area contributed by atoms with Crippen molar-refractivity contribution in [2.75, 3.05) is 18.2 Å². The molecule has 1 heterocycles. The van der Waals surface area contributed by atoms with Gasteiger partial charge in [-0.1, -0.05) is 12.1 Å². The van der Waals surface area contributed by atoms with E-state index in [0.717, 1.165) is 11.3 Å². The van der Waals surface area contributed by atoms with E-state index in [9.17, 15) is 4.79 Å². The molecule has 1 aromatic rings. The zero-order chi connectivity index (χ0) is 11.5. The Balaban J connectivity index is 2.19. The number of hydrazine groups is 1. The summed E-state index contributed by atoms with van der Waals surface area (Å²) in [6.45, 7) is 0.576. The average molecular weight is 221 g/mol. The number of hydrogen-bond donors (Lipinski definition) is 3. The van der Waals surface area contributed by atoms with Crippen LogP contribution in [-0.4, -0.2) is 24.2 Å². The van der Waals surface area contributed by atoms with Crippen LogP contribution >= 0.6 is 0 Å². The van der Waals surface area contributed by atoms with E-state index in [4.69, 9.17) is 10.8 Å². The van der Waals surface area contributed by atoms with Crippen molar-refractivity contribution in [1.29, 1.82) is 0 Å². The van der Waals surface area contributed by atoms with Gasteiger partial charge in [-0.2, -0.15) is 0 Å². The van der Waals surface area contributed by atoms with E-state index in [0.29, 0.717) is 13.0 Å². The summed E-state index contributed by atoms with van der Waals surface area (Å²) in [4.78, 5) is 11.1.